The molecule has 2 aromatic rings. The zero-order valence-corrected chi connectivity index (χ0v) is 10.9. The Hall–Kier alpha value is -2.36. The number of aromatic nitrogens is 1. The molecule has 0 fully saturated rings. The van der Waals surface area contributed by atoms with Crippen LogP contribution in [-0.4, -0.2) is 10.9 Å². The fraction of sp³-hybridized carbons (Fsp3) is 0.200. The topological polar surface area (TPSA) is 62.0 Å². The van der Waals surface area contributed by atoms with E-state index in [1.54, 1.807) is 6.07 Å². The number of carbonyl (C=O) groups is 1. The summed E-state index contributed by atoms with van der Waals surface area (Å²) in [7, 11) is 0. The fourth-order valence-electron chi connectivity index (χ4n) is 1.74. The summed E-state index contributed by atoms with van der Waals surface area (Å²) in [6.45, 7) is 4.23. The van der Waals surface area contributed by atoms with Crippen molar-refractivity contribution in [1.29, 1.82) is 0 Å². The second-order valence-electron chi connectivity index (χ2n) is 4.67. The van der Waals surface area contributed by atoms with Crippen LogP contribution in [0.2, 0.25) is 0 Å². The van der Waals surface area contributed by atoms with Crippen molar-refractivity contribution in [3.63, 3.8) is 0 Å². The molecule has 0 spiro atoms. The third-order valence-electron chi connectivity index (χ3n) is 2.87. The van der Waals surface area contributed by atoms with Crippen molar-refractivity contribution in [3.05, 3.63) is 64.1 Å². The van der Waals surface area contributed by atoms with Gasteiger partial charge in [0.05, 0.1) is 0 Å². The van der Waals surface area contributed by atoms with E-state index in [0.29, 0.717) is 11.5 Å². The highest BCUT2D eigenvalue weighted by atomic mass is 16.2. The molecule has 4 nitrogen and oxygen atoms in total. The molecule has 4 heteroatoms. The van der Waals surface area contributed by atoms with Crippen LogP contribution in [0.5, 0.6) is 0 Å². The lowest BCUT2D eigenvalue weighted by atomic mass is 10.0. The van der Waals surface area contributed by atoms with Gasteiger partial charge in [0.2, 0.25) is 5.56 Å². The molecule has 0 atom stereocenters. The normalized spacial score (nSPS) is 10.5. The van der Waals surface area contributed by atoms with Gasteiger partial charge in [0, 0.05) is 23.5 Å². The molecule has 0 unspecified atom stereocenters. The first-order chi connectivity index (χ1) is 9.06. The number of H-pyrrole nitrogens is 1. The van der Waals surface area contributed by atoms with E-state index in [0.717, 1.165) is 5.69 Å². The highest BCUT2D eigenvalue weighted by Crippen LogP contribution is 2.17. The van der Waals surface area contributed by atoms with Crippen molar-refractivity contribution in [2.24, 2.45) is 0 Å². The summed E-state index contributed by atoms with van der Waals surface area (Å²) >= 11 is 0. The first-order valence-corrected chi connectivity index (χ1v) is 6.16. The van der Waals surface area contributed by atoms with E-state index < -0.39 is 0 Å². The monoisotopic (exact) mass is 256 g/mol. The molecule has 98 valence electrons. The lowest BCUT2D eigenvalue weighted by Gasteiger charge is -2.08. The smallest absolute Gasteiger partial charge is 0.255 e. The number of benzene rings is 1. The average Bonchev–Trinajstić information content (AvgIpc) is 2.39. The predicted octanol–water partition coefficient (Wildman–Crippen LogP) is 2.75. The van der Waals surface area contributed by atoms with Crippen LogP contribution in [-0.2, 0) is 0 Å². The van der Waals surface area contributed by atoms with E-state index in [4.69, 9.17) is 0 Å². The maximum atomic E-state index is 11.9. The maximum Gasteiger partial charge on any atom is 0.255 e. The SMILES string of the molecule is CC(C)c1ccc(NC(=O)c2cc[nH]c(=O)c2)cc1. The number of anilines is 1. The zero-order chi connectivity index (χ0) is 13.8. The third-order valence-corrected chi connectivity index (χ3v) is 2.87. The quantitative estimate of drug-likeness (QED) is 0.887. The van der Waals surface area contributed by atoms with Gasteiger partial charge in [-0.25, -0.2) is 0 Å². The molecule has 0 aliphatic carbocycles. The third kappa shape index (κ3) is 3.31. The average molecular weight is 256 g/mol. The number of hydrogen-bond acceptors (Lipinski definition) is 2. The van der Waals surface area contributed by atoms with Crippen molar-refractivity contribution < 1.29 is 4.79 Å². The molecular weight excluding hydrogens is 240 g/mol. The van der Waals surface area contributed by atoms with Crippen molar-refractivity contribution in [2.75, 3.05) is 5.32 Å². The molecule has 0 saturated heterocycles. The fourth-order valence-corrected chi connectivity index (χ4v) is 1.74. The summed E-state index contributed by atoms with van der Waals surface area (Å²) in [6, 6.07) is 10.5. The van der Waals surface area contributed by atoms with E-state index in [1.165, 1.54) is 17.8 Å². The molecule has 1 heterocycles. The van der Waals surface area contributed by atoms with Gasteiger partial charge < -0.3 is 10.3 Å². The van der Waals surface area contributed by atoms with Gasteiger partial charge in [-0.3, -0.25) is 9.59 Å². The Morgan fingerprint density at radius 3 is 2.42 bits per heavy atom. The van der Waals surface area contributed by atoms with Crippen molar-refractivity contribution in [3.8, 4) is 0 Å². The van der Waals surface area contributed by atoms with Crippen LogP contribution in [0.25, 0.3) is 0 Å². The highest BCUT2D eigenvalue weighted by Gasteiger charge is 2.06. The number of amides is 1. The molecule has 1 aromatic heterocycles. The Kier molecular flexibility index (Phi) is 3.80. The van der Waals surface area contributed by atoms with Gasteiger partial charge in [0.1, 0.15) is 0 Å². The number of pyridine rings is 1. The van der Waals surface area contributed by atoms with E-state index >= 15 is 0 Å². The molecule has 1 aromatic carbocycles. The van der Waals surface area contributed by atoms with E-state index in [2.05, 4.69) is 24.1 Å². The molecule has 0 aliphatic rings. The highest BCUT2D eigenvalue weighted by molar-refractivity contribution is 6.04. The molecule has 0 saturated carbocycles. The largest absolute Gasteiger partial charge is 0.329 e. The zero-order valence-electron chi connectivity index (χ0n) is 10.9. The summed E-state index contributed by atoms with van der Waals surface area (Å²) in [4.78, 5) is 25.5. The first-order valence-electron chi connectivity index (χ1n) is 6.16. The summed E-state index contributed by atoms with van der Waals surface area (Å²) in [5, 5.41) is 2.76. The molecule has 1 amide bonds. The summed E-state index contributed by atoms with van der Waals surface area (Å²) < 4.78 is 0. The van der Waals surface area contributed by atoms with Crippen molar-refractivity contribution >= 4 is 11.6 Å². The minimum absolute atomic E-state index is 0.289. The number of aromatic amines is 1. The van der Waals surface area contributed by atoms with Gasteiger partial charge >= 0.3 is 0 Å². The molecule has 19 heavy (non-hydrogen) atoms. The lowest BCUT2D eigenvalue weighted by molar-refractivity contribution is 0.102. The Morgan fingerprint density at radius 1 is 1.16 bits per heavy atom. The van der Waals surface area contributed by atoms with E-state index in [-0.39, 0.29) is 11.5 Å². The number of rotatable bonds is 3. The molecular formula is C15H16N2O2. The molecule has 2 N–H and O–H groups in total. The number of hydrogen-bond donors (Lipinski definition) is 2. The standard InChI is InChI=1S/C15H16N2O2/c1-10(2)11-3-5-13(6-4-11)17-15(19)12-7-8-16-14(18)9-12/h3-10H,1-2H3,(H,16,18)(H,17,19). The maximum absolute atomic E-state index is 11.9. The minimum Gasteiger partial charge on any atom is -0.329 e. The van der Waals surface area contributed by atoms with E-state index in [1.807, 2.05) is 24.3 Å². The van der Waals surface area contributed by atoms with Crippen LogP contribution in [0.15, 0.2) is 47.4 Å². The summed E-state index contributed by atoms with van der Waals surface area (Å²) in [5.41, 5.74) is 1.99. The second kappa shape index (κ2) is 5.52. The van der Waals surface area contributed by atoms with Crippen LogP contribution >= 0.6 is 0 Å². The van der Waals surface area contributed by atoms with E-state index in [9.17, 15) is 9.59 Å². The second-order valence-corrected chi connectivity index (χ2v) is 4.67. The van der Waals surface area contributed by atoms with Gasteiger partial charge in [-0.2, -0.15) is 0 Å². The molecule has 2 rings (SSSR count). The van der Waals surface area contributed by atoms with Crippen LogP contribution in [0.3, 0.4) is 0 Å². The molecule has 0 radical (unpaired) electrons. The number of carbonyl (C=O) groups excluding carboxylic acids is 1. The van der Waals surface area contributed by atoms with Crippen molar-refractivity contribution in [2.45, 2.75) is 19.8 Å². The Bertz CT molecular complexity index is 627. The van der Waals surface area contributed by atoms with Gasteiger partial charge in [-0.15, -0.1) is 0 Å². The Morgan fingerprint density at radius 2 is 1.84 bits per heavy atom. The Labute approximate surface area is 111 Å². The van der Waals surface area contributed by atoms with Crippen LogP contribution < -0.4 is 10.9 Å². The number of nitrogens with one attached hydrogen (secondary N) is 2. The predicted molar refractivity (Wildman–Crippen MR) is 75.5 cm³/mol. The Balaban J connectivity index is 2.13. The van der Waals surface area contributed by atoms with Crippen LogP contribution in [0, 0.1) is 0 Å². The van der Waals surface area contributed by atoms with Crippen LogP contribution in [0.1, 0.15) is 35.7 Å². The van der Waals surface area contributed by atoms with Gasteiger partial charge in [0.15, 0.2) is 0 Å². The van der Waals surface area contributed by atoms with Crippen LogP contribution in [0.4, 0.5) is 5.69 Å². The van der Waals surface area contributed by atoms with Gasteiger partial charge in [0.25, 0.3) is 5.91 Å². The minimum atomic E-state index is -0.289. The molecule has 0 aliphatic heterocycles. The summed E-state index contributed by atoms with van der Waals surface area (Å²) in [6.07, 6.45) is 1.46. The first kappa shape index (κ1) is 13.1. The van der Waals surface area contributed by atoms with Crippen molar-refractivity contribution in [1.82, 2.24) is 4.98 Å². The summed E-state index contributed by atoms with van der Waals surface area (Å²) in [5.74, 6) is 0.167. The van der Waals surface area contributed by atoms with Gasteiger partial charge in [-0.05, 0) is 29.7 Å². The lowest BCUT2D eigenvalue weighted by Crippen LogP contribution is -2.15. The molecule has 0 bridgehead atoms. The van der Waals surface area contributed by atoms with Gasteiger partial charge in [-0.1, -0.05) is 26.0 Å².